The number of benzene rings is 1. The van der Waals surface area contributed by atoms with Crippen LogP contribution in [0.25, 0.3) is 0 Å². The monoisotopic (exact) mass is 343 g/mol. The lowest BCUT2D eigenvalue weighted by atomic mass is 10.2. The van der Waals surface area contributed by atoms with E-state index >= 15 is 0 Å². The van der Waals surface area contributed by atoms with E-state index in [0.717, 1.165) is 11.3 Å². The van der Waals surface area contributed by atoms with Gasteiger partial charge >= 0.3 is 0 Å². The number of rotatable bonds is 4. The third-order valence-electron chi connectivity index (χ3n) is 3.86. The van der Waals surface area contributed by atoms with Crippen LogP contribution >= 0.6 is 11.6 Å². The summed E-state index contributed by atoms with van der Waals surface area (Å²) in [6, 6.07) is 7.61. The summed E-state index contributed by atoms with van der Waals surface area (Å²) in [4.78, 5) is 12.5. The molecule has 1 N–H and O–H groups in total. The maximum Gasteiger partial charge on any atom is 0.259 e. The quantitative estimate of drug-likeness (QED) is 0.791. The number of aryl methyl sites for hydroxylation is 2. The number of amides is 1. The van der Waals surface area contributed by atoms with Gasteiger partial charge in [0.25, 0.3) is 5.91 Å². The Morgan fingerprint density at radius 2 is 2.12 bits per heavy atom. The molecule has 0 bridgehead atoms. The fraction of sp³-hybridized carbons (Fsp3) is 0.235. The number of hydrogen-bond acceptors (Lipinski definition) is 3. The molecule has 0 saturated carbocycles. The fourth-order valence-corrected chi connectivity index (χ4v) is 2.85. The summed E-state index contributed by atoms with van der Waals surface area (Å²) in [5.41, 5.74) is 3.82. The Bertz CT molecular complexity index is 896. The molecule has 0 radical (unpaired) electrons. The SMILES string of the molecule is Cc1nn(C)c(C)c1C(=O)Nc1cnn(Cc2cccc(Cl)c2)c1. The van der Waals surface area contributed by atoms with E-state index in [2.05, 4.69) is 15.5 Å². The highest BCUT2D eigenvalue weighted by molar-refractivity contribution is 6.30. The molecule has 3 rings (SSSR count). The molecule has 0 aliphatic heterocycles. The molecule has 3 aromatic rings. The molecule has 0 spiro atoms. The Labute approximate surface area is 145 Å². The smallest absolute Gasteiger partial charge is 0.259 e. The third kappa shape index (κ3) is 3.33. The molecule has 0 atom stereocenters. The minimum atomic E-state index is -0.180. The van der Waals surface area contributed by atoms with Gasteiger partial charge in [0.1, 0.15) is 0 Å². The van der Waals surface area contributed by atoms with E-state index in [-0.39, 0.29) is 5.91 Å². The Kier molecular flexibility index (Phi) is 4.40. The van der Waals surface area contributed by atoms with Gasteiger partial charge in [-0.3, -0.25) is 14.2 Å². The minimum Gasteiger partial charge on any atom is -0.319 e. The molecule has 2 aromatic heterocycles. The minimum absolute atomic E-state index is 0.180. The average Bonchev–Trinajstić information content (AvgIpc) is 3.04. The molecule has 0 aliphatic rings. The van der Waals surface area contributed by atoms with Gasteiger partial charge in [0.2, 0.25) is 0 Å². The predicted octanol–water partition coefficient (Wildman–Crippen LogP) is 3.19. The van der Waals surface area contributed by atoms with E-state index in [1.165, 1.54) is 0 Å². The van der Waals surface area contributed by atoms with Crippen LogP contribution in [0.2, 0.25) is 5.02 Å². The van der Waals surface area contributed by atoms with Crippen LogP contribution in [-0.2, 0) is 13.6 Å². The molecule has 0 fully saturated rings. The molecular weight excluding hydrogens is 326 g/mol. The summed E-state index contributed by atoms with van der Waals surface area (Å²) in [5.74, 6) is -0.180. The summed E-state index contributed by atoms with van der Waals surface area (Å²) in [6.45, 7) is 4.28. The molecule has 24 heavy (non-hydrogen) atoms. The van der Waals surface area contributed by atoms with Crippen LogP contribution in [-0.4, -0.2) is 25.5 Å². The second-order valence-electron chi connectivity index (χ2n) is 5.68. The van der Waals surface area contributed by atoms with E-state index in [0.29, 0.717) is 28.5 Å². The van der Waals surface area contributed by atoms with Gasteiger partial charge in [-0.25, -0.2) is 0 Å². The van der Waals surface area contributed by atoms with Crippen LogP contribution in [0.5, 0.6) is 0 Å². The van der Waals surface area contributed by atoms with E-state index < -0.39 is 0 Å². The highest BCUT2D eigenvalue weighted by Crippen LogP contribution is 2.16. The van der Waals surface area contributed by atoms with Crippen molar-refractivity contribution >= 4 is 23.2 Å². The van der Waals surface area contributed by atoms with Crippen molar-refractivity contribution in [2.45, 2.75) is 20.4 Å². The van der Waals surface area contributed by atoms with Crippen molar-refractivity contribution in [3.05, 3.63) is 64.2 Å². The maximum atomic E-state index is 12.5. The van der Waals surface area contributed by atoms with E-state index in [9.17, 15) is 4.79 Å². The molecule has 124 valence electrons. The molecule has 0 unspecified atom stereocenters. The zero-order valence-corrected chi connectivity index (χ0v) is 14.5. The molecule has 1 aromatic carbocycles. The molecule has 0 aliphatic carbocycles. The van der Waals surface area contributed by atoms with Crippen molar-refractivity contribution in [1.82, 2.24) is 19.6 Å². The Morgan fingerprint density at radius 1 is 1.33 bits per heavy atom. The van der Waals surface area contributed by atoms with Gasteiger partial charge in [0.05, 0.1) is 29.7 Å². The van der Waals surface area contributed by atoms with Gasteiger partial charge in [0.15, 0.2) is 0 Å². The second-order valence-corrected chi connectivity index (χ2v) is 6.12. The zero-order valence-electron chi connectivity index (χ0n) is 13.7. The van der Waals surface area contributed by atoms with Crippen molar-refractivity contribution in [3.8, 4) is 0 Å². The lowest BCUT2D eigenvalue weighted by molar-refractivity contribution is 0.102. The van der Waals surface area contributed by atoms with Crippen molar-refractivity contribution in [2.75, 3.05) is 5.32 Å². The number of aromatic nitrogens is 4. The Balaban J connectivity index is 1.73. The van der Waals surface area contributed by atoms with Crippen LogP contribution in [0.4, 0.5) is 5.69 Å². The van der Waals surface area contributed by atoms with Crippen LogP contribution in [0.15, 0.2) is 36.7 Å². The van der Waals surface area contributed by atoms with Gasteiger partial charge in [-0.1, -0.05) is 23.7 Å². The lowest BCUT2D eigenvalue weighted by Crippen LogP contribution is -2.13. The van der Waals surface area contributed by atoms with Crippen molar-refractivity contribution in [2.24, 2.45) is 7.05 Å². The number of carbonyl (C=O) groups is 1. The third-order valence-corrected chi connectivity index (χ3v) is 4.10. The van der Waals surface area contributed by atoms with Gasteiger partial charge in [-0.2, -0.15) is 10.2 Å². The molecule has 1 amide bonds. The summed E-state index contributed by atoms with van der Waals surface area (Å²) >= 11 is 5.99. The molecule has 2 heterocycles. The number of halogens is 1. The normalized spacial score (nSPS) is 10.8. The van der Waals surface area contributed by atoms with E-state index in [1.807, 2.05) is 45.2 Å². The molecule has 0 saturated heterocycles. The van der Waals surface area contributed by atoms with Gasteiger partial charge in [-0.05, 0) is 31.5 Å². The first-order valence-electron chi connectivity index (χ1n) is 7.52. The fourth-order valence-electron chi connectivity index (χ4n) is 2.63. The molecule has 6 nitrogen and oxygen atoms in total. The summed E-state index contributed by atoms with van der Waals surface area (Å²) in [6.07, 6.45) is 3.42. The number of nitrogens with zero attached hydrogens (tertiary/aromatic N) is 4. The van der Waals surface area contributed by atoms with Gasteiger partial charge < -0.3 is 5.32 Å². The van der Waals surface area contributed by atoms with Gasteiger partial charge in [0, 0.05) is 24.0 Å². The second kappa shape index (κ2) is 6.49. The van der Waals surface area contributed by atoms with E-state index in [4.69, 9.17) is 11.6 Å². The number of anilines is 1. The van der Waals surface area contributed by atoms with Crippen LogP contribution in [0.1, 0.15) is 27.3 Å². The average molecular weight is 344 g/mol. The first kappa shape index (κ1) is 16.3. The van der Waals surface area contributed by atoms with Crippen molar-refractivity contribution in [1.29, 1.82) is 0 Å². The summed E-state index contributed by atoms with van der Waals surface area (Å²) in [5, 5.41) is 12.1. The van der Waals surface area contributed by atoms with E-state index in [1.54, 1.807) is 21.8 Å². The Morgan fingerprint density at radius 3 is 2.79 bits per heavy atom. The molecular formula is C17H18ClN5O. The largest absolute Gasteiger partial charge is 0.319 e. The van der Waals surface area contributed by atoms with Crippen LogP contribution < -0.4 is 5.32 Å². The first-order chi connectivity index (χ1) is 11.4. The Hall–Kier alpha value is -2.60. The zero-order chi connectivity index (χ0) is 17.3. The summed E-state index contributed by atoms with van der Waals surface area (Å²) < 4.78 is 3.46. The van der Waals surface area contributed by atoms with Crippen molar-refractivity contribution < 1.29 is 4.79 Å². The first-order valence-corrected chi connectivity index (χ1v) is 7.90. The number of nitrogens with one attached hydrogen (secondary N) is 1. The van der Waals surface area contributed by atoms with Crippen LogP contribution in [0, 0.1) is 13.8 Å². The van der Waals surface area contributed by atoms with Crippen molar-refractivity contribution in [3.63, 3.8) is 0 Å². The lowest BCUT2D eigenvalue weighted by Gasteiger charge is -2.04. The number of hydrogen-bond donors (Lipinski definition) is 1. The van der Waals surface area contributed by atoms with Crippen LogP contribution in [0.3, 0.4) is 0 Å². The maximum absolute atomic E-state index is 12.5. The summed E-state index contributed by atoms with van der Waals surface area (Å²) in [7, 11) is 1.82. The number of carbonyl (C=O) groups excluding carboxylic acids is 1. The highest BCUT2D eigenvalue weighted by atomic mass is 35.5. The highest BCUT2D eigenvalue weighted by Gasteiger charge is 2.17. The predicted molar refractivity (Wildman–Crippen MR) is 93.4 cm³/mol. The van der Waals surface area contributed by atoms with Gasteiger partial charge in [-0.15, -0.1) is 0 Å². The standard InChI is InChI=1S/C17H18ClN5O/c1-11-16(12(2)22(3)21-11)17(24)20-15-8-19-23(10-15)9-13-5-4-6-14(18)7-13/h4-8,10H,9H2,1-3H3,(H,20,24). The molecule has 7 heteroatoms. The topological polar surface area (TPSA) is 64.7 Å².